The predicted octanol–water partition coefficient (Wildman–Crippen LogP) is 3.80. The van der Waals surface area contributed by atoms with Crippen molar-refractivity contribution in [3.05, 3.63) is 69.5 Å². The third kappa shape index (κ3) is 5.86. The molecule has 0 atom stereocenters. The van der Waals surface area contributed by atoms with Gasteiger partial charge in [0.05, 0.1) is 17.2 Å². The van der Waals surface area contributed by atoms with Crippen LogP contribution in [0.1, 0.15) is 17.3 Å². The van der Waals surface area contributed by atoms with Crippen molar-refractivity contribution in [3.63, 3.8) is 0 Å². The maximum atomic E-state index is 12.3. The van der Waals surface area contributed by atoms with Crippen molar-refractivity contribution >= 4 is 35.0 Å². The molecule has 0 saturated carbocycles. The van der Waals surface area contributed by atoms with E-state index in [0.29, 0.717) is 41.1 Å². The van der Waals surface area contributed by atoms with Gasteiger partial charge in [-0.15, -0.1) is 0 Å². The quantitative estimate of drug-likeness (QED) is 0.219. The van der Waals surface area contributed by atoms with E-state index in [2.05, 4.69) is 25.6 Å². The van der Waals surface area contributed by atoms with Gasteiger partial charge in [-0.2, -0.15) is 0 Å². The molecule has 0 aliphatic carbocycles. The number of aromatic nitrogens is 3. The highest BCUT2D eigenvalue weighted by Gasteiger charge is 2.17. The summed E-state index contributed by atoms with van der Waals surface area (Å²) in [4.78, 5) is 35.1. The summed E-state index contributed by atoms with van der Waals surface area (Å²) in [5.41, 5.74) is 1.31. The van der Waals surface area contributed by atoms with Crippen LogP contribution in [0.2, 0.25) is 5.02 Å². The summed E-state index contributed by atoms with van der Waals surface area (Å²) in [6, 6.07) is 9.85. The normalized spacial score (nSPS) is 10.4. The third-order valence-corrected chi connectivity index (χ3v) is 4.33. The molecule has 0 aliphatic rings. The second kappa shape index (κ2) is 10.3. The van der Waals surface area contributed by atoms with Crippen LogP contribution in [0.15, 0.2) is 48.8 Å². The van der Waals surface area contributed by atoms with E-state index in [4.69, 9.17) is 16.3 Å². The minimum absolute atomic E-state index is 0.0755. The second-order valence-electron chi connectivity index (χ2n) is 6.20. The lowest BCUT2D eigenvalue weighted by atomic mass is 10.1. The Hall–Kier alpha value is -3.79. The number of ether oxygens (including phenoxy) is 1. The zero-order valence-corrected chi connectivity index (χ0v) is 17.3. The van der Waals surface area contributed by atoms with Crippen LogP contribution in [0, 0.1) is 10.1 Å². The van der Waals surface area contributed by atoms with Crippen molar-refractivity contribution < 1.29 is 14.5 Å². The number of benzene rings is 1. The molecule has 11 heteroatoms. The topological polar surface area (TPSA) is 132 Å². The zero-order chi connectivity index (χ0) is 22.2. The fourth-order valence-electron chi connectivity index (χ4n) is 2.62. The van der Waals surface area contributed by atoms with Crippen LogP contribution in [0.5, 0.6) is 0 Å². The summed E-state index contributed by atoms with van der Waals surface area (Å²) in [6.45, 7) is 2.87. The molecule has 31 heavy (non-hydrogen) atoms. The average molecular weight is 443 g/mol. The SMILES string of the molecule is CCOC(=O)c1cnc(NCCNc2ccc([N+](=O)[O-])cn2)nc1-c1ccc(Cl)cc1. The number of nitrogens with zero attached hydrogens (tertiary/aromatic N) is 4. The summed E-state index contributed by atoms with van der Waals surface area (Å²) in [6.07, 6.45) is 2.61. The average Bonchev–Trinajstić information content (AvgIpc) is 2.77. The van der Waals surface area contributed by atoms with Gasteiger partial charge in [0.2, 0.25) is 5.95 Å². The minimum atomic E-state index is -0.509. The van der Waals surface area contributed by atoms with Gasteiger partial charge in [-0.3, -0.25) is 10.1 Å². The predicted molar refractivity (Wildman–Crippen MR) is 116 cm³/mol. The highest BCUT2D eigenvalue weighted by Crippen LogP contribution is 2.24. The van der Waals surface area contributed by atoms with Crippen molar-refractivity contribution in [1.29, 1.82) is 0 Å². The van der Waals surface area contributed by atoms with Gasteiger partial charge in [0, 0.05) is 35.9 Å². The number of hydrogen-bond donors (Lipinski definition) is 2. The van der Waals surface area contributed by atoms with Crippen molar-refractivity contribution in [2.45, 2.75) is 6.92 Å². The first-order valence-electron chi connectivity index (χ1n) is 9.36. The first-order chi connectivity index (χ1) is 15.0. The number of halogens is 1. The zero-order valence-electron chi connectivity index (χ0n) is 16.5. The van der Waals surface area contributed by atoms with E-state index in [0.717, 1.165) is 0 Å². The lowest BCUT2D eigenvalue weighted by Gasteiger charge is -2.11. The molecule has 2 N–H and O–H groups in total. The van der Waals surface area contributed by atoms with Gasteiger partial charge in [0.15, 0.2) is 0 Å². The van der Waals surface area contributed by atoms with Crippen LogP contribution >= 0.6 is 11.6 Å². The van der Waals surface area contributed by atoms with E-state index in [1.807, 2.05) is 0 Å². The van der Waals surface area contributed by atoms with Gasteiger partial charge < -0.3 is 15.4 Å². The summed E-state index contributed by atoms with van der Waals surface area (Å²) >= 11 is 5.96. The molecule has 0 fully saturated rings. The number of hydrogen-bond acceptors (Lipinski definition) is 9. The fraction of sp³-hybridized carbons (Fsp3) is 0.200. The molecule has 3 aromatic rings. The summed E-state index contributed by atoms with van der Waals surface area (Å²) < 4.78 is 5.10. The van der Waals surface area contributed by atoms with E-state index in [1.165, 1.54) is 24.5 Å². The molecule has 160 valence electrons. The molecule has 2 heterocycles. The molecule has 0 saturated heterocycles. The first-order valence-corrected chi connectivity index (χ1v) is 9.74. The van der Waals surface area contributed by atoms with Crippen LogP contribution in [-0.2, 0) is 4.74 Å². The number of anilines is 2. The Kier molecular flexibility index (Phi) is 7.28. The van der Waals surface area contributed by atoms with Crippen LogP contribution in [-0.4, -0.2) is 45.5 Å². The highest BCUT2D eigenvalue weighted by atomic mass is 35.5. The molecular formula is C20H19ClN6O4. The van der Waals surface area contributed by atoms with E-state index in [-0.39, 0.29) is 17.9 Å². The maximum absolute atomic E-state index is 12.3. The number of nitrogens with one attached hydrogen (secondary N) is 2. The van der Waals surface area contributed by atoms with Gasteiger partial charge >= 0.3 is 5.97 Å². The van der Waals surface area contributed by atoms with Crippen molar-refractivity contribution in [1.82, 2.24) is 15.0 Å². The molecule has 0 unspecified atom stereocenters. The van der Waals surface area contributed by atoms with E-state index in [1.54, 1.807) is 31.2 Å². The monoisotopic (exact) mass is 442 g/mol. The highest BCUT2D eigenvalue weighted by molar-refractivity contribution is 6.30. The molecule has 0 radical (unpaired) electrons. The minimum Gasteiger partial charge on any atom is -0.462 e. The van der Waals surface area contributed by atoms with Gasteiger partial charge in [0.1, 0.15) is 17.6 Å². The molecule has 0 bridgehead atoms. The summed E-state index contributed by atoms with van der Waals surface area (Å²) in [7, 11) is 0. The van der Waals surface area contributed by atoms with E-state index >= 15 is 0 Å². The molecule has 0 amide bonds. The van der Waals surface area contributed by atoms with Crippen LogP contribution in [0.25, 0.3) is 11.3 Å². The lowest BCUT2D eigenvalue weighted by molar-refractivity contribution is -0.385. The number of carbonyl (C=O) groups excluding carboxylic acids is 1. The molecule has 3 rings (SSSR count). The van der Waals surface area contributed by atoms with Gasteiger partial charge in [-0.25, -0.2) is 19.7 Å². The summed E-state index contributed by atoms with van der Waals surface area (Å²) in [5.74, 6) is 0.328. The van der Waals surface area contributed by atoms with Crippen molar-refractivity contribution in [2.24, 2.45) is 0 Å². The first kappa shape index (κ1) is 21.9. The molecule has 2 aromatic heterocycles. The second-order valence-corrected chi connectivity index (χ2v) is 6.63. The van der Waals surface area contributed by atoms with Crippen LogP contribution in [0.3, 0.4) is 0 Å². The number of rotatable bonds is 9. The number of esters is 1. The van der Waals surface area contributed by atoms with Gasteiger partial charge in [0.25, 0.3) is 5.69 Å². The maximum Gasteiger partial charge on any atom is 0.341 e. The van der Waals surface area contributed by atoms with Crippen molar-refractivity contribution in [3.8, 4) is 11.3 Å². The molecule has 0 spiro atoms. The Bertz CT molecular complexity index is 1060. The molecule has 10 nitrogen and oxygen atoms in total. The largest absolute Gasteiger partial charge is 0.462 e. The van der Waals surface area contributed by atoms with Crippen LogP contribution < -0.4 is 10.6 Å². The Morgan fingerprint density at radius 3 is 2.48 bits per heavy atom. The summed E-state index contributed by atoms with van der Waals surface area (Å²) in [5, 5.41) is 17.3. The smallest absolute Gasteiger partial charge is 0.341 e. The number of carbonyl (C=O) groups is 1. The van der Waals surface area contributed by atoms with Crippen molar-refractivity contribution in [2.75, 3.05) is 30.3 Å². The fourth-order valence-corrected chi connectivity index (χ4v) is 2.74. The van der Waals surface area contributed by atoms with Gasteiger partial charge in [-0.1, -0.05) is 23.7 Å². The number of nitro groups is 1. The third-order valence-electron chi connectivity index (χ3n) is 4.07. The van der Waals surface area contributed by atoms with E-state index in [9.17, 15) is 14.9 Å². The Balaban J connectivity index is 1.68. The van der Waals surface area contributed by atoms with Crippen LogP contribution in [0.4, 0.5) is 17.5 Å². The Morgan fingerprint density at radius 2 is 1.84 bits per heavy atom. The molecule has 1 aromatic carbocycles. The Morgan fingerprint density at radius 1 is 1.10 bits per heavy atom. The standard InChI is InChI=1S/C20H19ClN6O4/c1-2-31-19(28)16-12-25-20(26-18(16)13-3-5-14(21)6-4-13)23-10-9-22-17-8-7-15(11-24-17)27(29)30/h3-8,11-12H,2,9-10H2,1H3,(H,22,24)(H,23,25,26). The number of pyridine rings is 1. The van der Waals surface area contributed by atoms with E-state index < -0.39 is 10.9 Å². The Labute approximate surface area is 182 Å². The lowest BCUT2D eigenvalue weighted by Crippen LogP contribution is -2.17. The van der Waals surface area contributed by atoms with Gasteiger partial charge in [-0.05, 0) is 25.1 Å². The molecule has 0 aliphatic heterocycles. The molecular weight excluding hydrogens is 424 g/mol.